The number of fused-ring (bicyclic) bond motifs is 2. The van der Waals surface area contributed by atoms with Crippen LogP contribution in [0.15, 0.2) is 71.4 Å². The normalized spacial score (nSPS) is 26.1. The summed E-state index contributed by atoms with van der Waals surface area (Å²) in [7, 11) is 0. The number of Topliss-reactive ketones (excluding diaryl/α,β-unsaturated/α-hetero) is 3. The molecule has 238 valence electrons. The Labute approximate surface area is 263 Å². The van der Waals surface area contributed by atoms with Crippen LogP contribution in [-0.2, 0) is 14.4 Å². The summed E-state index contributed by atoms with van der Waals surface area (Å²) in [6, 6.07) is 3.63. The van der Waals surface area contributed by atoms with Gasteiger partial charge in [0.15, 0.2) is 28.8 Å². The summed E-state index contributed by atoms with van der Waals surface area (Å²) in [6.07, 6.45) is 6.84. The molecule has 6 heteroatoms. The summed E-state index contributed by atoms with van der Waals surface area (Å²) in [5, 5.41) is 31.5. The molecule has 3 N–H and O–H groups in total. The number of carbonyl (C=O) groups excluding carboxylic acids is 3. The lowest BCUT2D eigenvalue weighted by Crippen LogP contribution is -2.68. The van der Waals surface area contributed by atoms with Gasteiger partial charge in [0.25, 0.3) is 0 Å². The molecule has 1 aromatic rings. The van der Waals surface area contributed by atoms with Crippen molar-refractivity contribution in [2.45, 2.75) is 87.5 Å². The zero-order chi connectivity index (χ0) is 33.3. The molecule has 0 heterocycles. The molecule has 2 aliphatic rings. The van der Waals surface area contributed by atoms with Crippen LogP contribution >= 0.6 is 0 Å². The minimum Gasteiger partial charge on any atom is -0.506 e. The monoisotopic (exact) mass is 602 g/mol. The number of aliphatic hydroxyl groups is 1. The van der Waals surface area contributed by atoms with E-state index in [2.05, 4.69) is 19.2 Å². The summed E-state index contributed by atoms with van der Waals surface area (Å²) >= 11 is 0. The predicted molar refractivity (Wildman–Crippen MR) is 176 cm³/mol. The number of hydrogen-bond acceptors (Lipinski definition) is 6. The number of aromatic hydroxyl groups is 2. The fourth-order valence-electron chi connectivity index (χ4n) is 7.36. The van der Waals surface area contributed by atoms with E-state index >= 15 is 0 Å². The lowest BCUT2D eigenvalue weighted by atomic mass is 9.40. The van der Waals surface area contributed by atoms with Crippen molar-refractivity contribution in [1.29, 1.82) is 0 Å². The first-order valence-electron chi connectivity index (χ1n) is 15.5. The number of benzene rings is 1. The third-order valence-corrected chi connectivity index (χ3v) is 10.1. The first-order valence-corrected chi connectivity index (χ1v) is 15.5. The van der Waals surface area contributed by atoms with Crippen molar-refractivity contribution in [3.8, 4) is 11.5 Å². The van der Waals surface area contributed by atoms with Gasteiger partial charge in [-0.15, -0.1) is 6.58 Å². The highest BCUT2D eigenvalue weighted by atomic mass is 16.3. The topological polar surface area (TPSA) is 112 Å². The van der Waals surface area contributed by atoms with Gasteiger partial charge in [0.05, 0.1) is 5.92 Å². The van der Waals surface area contributed by atoms with E-state index in [1.807, 2.05) is 61.5 Å². The highest BCUT2D eigenvalue weighted by Crippen LogP contribution is 2.64. The first-order chi connectivity index (χ1) is 20.4. The van der Waals surface area contributed by atoms with Crippen LogP contribution in [0.25, 0.3) is 5.76 Å². The zero-order valence-corrected chi connectivity index (χ0v) is 27.7. The van der Waals surface area contributed by atoms with E-state index in [1.165, 1.54) is 12.1 Å². The first kappa shape index (κ1) is 34.8. The van der Waals surface area contributed by atoms with E-state index in [0.29, 0.717) is 12.8 Å². The summed E-state index contributed by atoms with van der Waals surface area (Å²) in [4.78, 5) is 44.0. The summed E-state index contributed by atoms with van der Waals surface area (Å²) in [5.41, 5.74) is 1.19. The van der Waals surface area contributed by atoms with Gasteiger partial charge in [-0.1, -0.05) is 54.9 Å². The van der Waals surface area contributed by atoms with Gasteiger partial charge in [-0.2, -0.15) is 0 Å². The second-order valence-corrected chi connectivity index (χ2v) is 14.1. The largest absolute Gasteiger partial charge is 0.506 e. The van der Waals surface area contributed by atoms with Gasteiger partial charge in [-0.25, -0.2) is 0 Å². The number of aliphatic hydroxyl groups excluding tert-OH is 1. The van der Waals surface area contributed by atoms with E-state index < -0.39 is 57.1 Å². The van der Waals surface area contributed by atoms with E-state index in [-0.39, 0.29) is 29.6 Å². The Morgan fingerprint density at radius 3 is 2.09 bits per heavy atom. The van der Waals surface area contributed by atoms with Crippen LogP contribution in [0.5, 0.6) is 11.5 Å². The van der Waals surface area contributed by atoms with Crippen molar-refractivity contribution in [2.24, 2.45) is 34.5 Å². The highest BCUT2D eigenvalue weighted by Gasteiger charge is 2.71. The van der Waals surface area contributed by atoms with Gasteiger partial charge in [-0.3, -0.25) is 14.4 Å². The minimum atomic E-state index is -1.59. The molecular weight excluding hydrogens is 552 g/mol. The van der Waals surface area contributed by atoms with Crippen LogP contribution in [0.2, 0.25) is 0 Å². The predicted octanol–water partition coefficient (Wildman–Crippen LogP) is 8.61. The maximum atomic E-state index is 14.8. The number of phenols is 2. The molecule has 0 spiro atoms. The lowest BCUT2D eigenvalue weighted by molar-refractivity contribution is -0.174. The number of ketones is 3. The Bertz CT molecular complexity index is 1460. The molecule has 0 amide bonds. The average Bonchev–Trinajstić information content (AvgIpc) is 2.90. The Hall–Kier alpha value is -3.67. The second kappa shape index (κ2) is 13.1. The molecule has 0 unspecified atom stereocenters. The van der Waals surface area contributed by atoms with E-state index in [9.17, 15) is 29.7 Å². The number of carbonyl (C=O) groups is 3. The Balaban J connectivity index is 2.38. The molecule has 6 nitrogen and oxygen atoms in total. The van der Waals surface area contributed by atoms with Crippen molar-refractivity contribution in [3.63, 3.8) is 0 Å². The maximum Gasteiger partial charge on any atom is 0.184 e. The Morgan fingerprint density at radius 1 is 0.955 bits per heavy atom. The van der Waals surface area contributed by atoms with Crippen LogP contribution in [0.1, 0.15) is 93.1 Å². The molecule has 2 bridgehead atoms. The van der Waals surface area contributed by atoms with Gasteiger partial charge in [0.1, 0.15) is 16.7 Å². The SMILES string of the molecule is C=C(C)CC[C@H](C[C@H]1[C@H]2C(=O)C(=C(O)c3ccc(O)c(O)c3)C(=O)[C@](CC=C(C)C)(C2=O)C(C)(C)[C@H]1CC=C(C)C)C(=C)C. The number of phenolic OH excluding ortho intramolecular Hbond substituents is 2. The quantitative estimate of drug-likeness (QED) is 0.0584. The van der Waals surface area contributed by atoms with Gasteiger partial charge < -0.3 is 15.3 Å². The third-order valence-electron chi connectivity index (χ3n) is 10.1. The van der Waals surface area contributed by atoms with Crippen molar-refractivity contribution in [1.82, 2.24) is 0 Å². The summed E-state index contributed by atoms with van der Waals surface area (Å²) in [5.74, 6) is -4.92. The average molecular weight is 603 g/mol. The maximum absolute atomic E-state index is 14.8. The van der Waals surface area contributed by atoms with Gasteiger partial charge >= 0.3 is 0 Å². The van der Waals surface area contributed by atoms with E-state index in [1.54, 1.807) is 0 Å². The zero-order valence-electron chi connectivity index (χ0n) is 27.7. The standard InChI is InChI=1S/C38H50O6/c1-21(2)11-13-25(24(7)8)19-27-28(15-12-22(3)4)37(9,10)38(18-17-23(5)6)35(43)31(27)34(42)32(36(38)44)33(41)26-14-16-29(39)30(40)20-26/h12,14,16-17,20,25,27-28,31,39-41H,1,7,11,13,15,18-19H2,2-6,8-10H3/t25-,27-,28+,31+,38+/m1/s1. The van der Waals surface area contributed by atoms with Gasteiger partial charge in [-0.05, 0) is 115 Å². The Kier molecular flexibility index (Phi) is 10.4. The molecule has 0 radical (unpaired) electrons. The van der Waals surface area contributed by atoms with Crippen LogP contribution in [0, 0.1) is 34.5 Å². The summed E-state index contributed by atoms with van der Waals surface area (Å²) in [6.45, 7) is 24.1. The molecule has 0 saturated heterocycles. The van der Waals surface area contributed by atoms with Crippen LogP contribution in [0.4, 0.5) is 0 Å². The lowest BCUT2D eigenvalue weighted by Gasteiger charge is -2.60. The second-order valence-electron chi connectivity index (χ2n) is 14.1. The molecular formula is C38H50O6. The van der Waals surface area contributed by atoms with Crippen LogP contribution < -0.4 is 0 Å². The smallest absolute Gasteiger partial charge is 0.184 e. The molecule has 2 fully saturated rings. The van der Waals surface area contributed by atoms with E-state index in [4.69, 9.17) is 0 Å². The van der Waals surface area contributed by atoms with Gasteiger partial charge in [0.2, 0.25) is 0 Å². The molecule has 0 aromatic heterocycles. The van der Waals surface area contributed by atoms with Crippen LogP contribution in [0.3, 0.4) is 0 Å². The molecule has 44 heavy (non-hydrogen) atoms. The molecule has 2 saturated carbocycles. The van der Waals surface area contributed by atoms with Crippen molar-refractivity contribution >= 4 is 23.1 Å². The van der Waals surface area contributed by atoms with Gasteiger partial charge in [0, 0.05) is 5.56 Å². The van der Waals surface area contributed by atoms with E-state index in [0.717, 1.165) is 41.2 Å². The Morgan fingerprint density at radius 2 is 1.57 bits per heavy atom. The molecule has 0 aliphatic heterocycles. The van der Waals surface area contributed by atoms with Crippen molar-refractivity contribution < 1.29 is 29.7 Å². The third kappa shape index (κ3) is 6.27. The molecule has 1 aromatic carbocycles. The highest BCUT2D eigenvalue weighted by molar-refractivity contribution is 6.40. The van der Waals surface area contributed by atoms with Crippen molar-refractivity contribution in [3.05, 3.63) is 76.9 Å². The summed E-state index contributed by atoms with van der Waals surface area (Å²) < 4.78 is 0. The molecule has 5 atom stereocenters. The molecule has 3 rings (SSSR count). The van der Waals surface area contributed by atoms with Crippen LogP contribution in [-0.4, -0.2) is 32.7 Å². The minimum absolute atomic E-state index is 0.0125. The fourth-order valence-corrected chi connectivity index (χ4v) is 7.36. The van der Waals surface area contributed by atoms with Crippen molar-refractivity contribution in [2.75, 3.05) is 0 Å². The number of hydrogen-bond donors (Lipinski definition) is 3. The number of allylic oxidation sites excluding steroid dienone is 7. The molecule has 2 aliphatic carbocycles. The number of rotatable bonds is 11. The fraction of sp³-hybridized carbons (Fsp3) is 0.500.